The zero-order valence-corrected chi connectivity index (χ0v) is 9.80. The second-order valence-electron chi connectivity index (χ2n) is 4.84. The van der Waals surface area contributed by atoms with Crippen molar-refractivity contribution in [3.8, 4) is 0 Å². The number of alkyl halides is 3. The summed E-state index contributed by atoms with van der Waals surface area (Å²) in [6.07, 6.45) is -2.19. The number of halogens is 3. The Balaban J connectivity index is 1.91. The molecule has 2 atom stereocenters. The van der Waals surface area contributed by atoms with Crippen molar-refractivity contribution in [2.24, 2.45) is 5.92 Å². The molecule has 2 unspecified atom stereocenters. The van der Waals surface area contributed by atoms with Crippen LogP contribution in [0.4, 0.5) is 13.2 Å². The number of ether oxygens (including phenoxy) is 1. The van der Waals surface area contributed by atoms with Gasteiger partial charge in [-0.1, -0.05) is 0 Å². The molecule has 0 saturated carbocycles. The van der Waals surface area contributed by atoms with Crippen molar-refractivity contribution in [2.75, 3.05) is 39.4 Å². The monoisotopic (exact) mass is 252 g/mol. The zero-order chi connectivity index (χ0) is 12.3. The summed E-state index contributed by atoms with van der Waals surface area (Å²) in [6, 6.07) is -1.34. The Kier molecular flexibility index (Phi) is 4.27. The third-order valence-corrected chi connectivity index (χ3v) is 3.48. The number of nitrogens with zero attached hydrogens (tertiary/aromatic N) is 1. The van der Waals surface area contributed by atoms with Crippen LogP contribution in [-0.2, 0) is 4.74 Å². The van der Waals surface area contributed by atoms with E-state index < -0.39 is 12.2 Å². The molecule has 2 aliphatic heterocycles. The minimum Gasteiger partial charge on any atom is -0.381 e. The summed E-state index contributed by atoms with van der Waals surface area (Å²) in [5.41, 5.74) is 0. The standard InChI is InChI=1S/C11H19F3N2O/c12-11(13,14)10-6-15-3-4-16(10)7-9-2-1-5-17-8-9/h9-10,15H,1-8H2. The maximum atomic E-state index is 12.8. The van der Waals surface area contributed by atoms with Gasteiger partial charge in [0.15, 0.2) is 0 Å². The van der Waals surface area contributed by atoms with Gasteiger partial charge in [-0.2, -0.15) is 13.2 Å². The molecule has 0 aromatic carbocycles. The second kappa shape index (κ2) is 5.54. The SMILES string of the molecule is FC(F)(F)C1CNCCN1CC1CCCOC1. The fraction of sp³-hybridized carbons (Fsp3) is 1.00. The van der Waals surface area contributed by atoms with E-state index in [0.717, 1.165) is 19.4 Å². The van der Waals surface area contributed by atoms with E-state index in [1.54, 1.807) is 4.90 Å². The Morgan fingerprint density at radius 3 is 2.82 bits per heavy atom. The molecule has 1 N–H and O–H groups in total. The van der Waals surface area contributed by atoms with E-state index in [1.807, 2.05) is 0 Å². The lowest BCUT2D eigenvalue weighted by molar-refractivity contribution is -0.189. The van der Waals surface area contributed by atoms with Crippen molar-refractivity contribution in [3.05, 3.63) is 0 Å². The number of rotatable bonds is 2. The van der Waals surface area contributed by atoms with E-state index >= 15 is 0 Å². The number of piperazine rings is 1. The van der Waals surface area contributed by atoms with Gasteiger partial charge in [-0.25, -0.2) is 0 Å². The van der Waals surface area contributed by atoms with Gasteiger partial charge in [0.1, 0.15) is 6.04 Å². The molecule has 3 nitrogen and oxygen atoms in total. The molecule has 0 bridgehead atoms. The van der Waals surface area contributed by atoms with E-state index in [2.05, 4.69) is 5.32 Å². The van der Waals surface area contributed by atoms with Crippen molar-refractivity contribution in [1.82, 2.24) is 10.2 Å². The fourth-order valence-electron chi connectivity index (χ4n) is 2.57. The third-order valence-electron chi connectivity index (χ3n) is 3.48. The first-order valence-electron chi connectivity index (χ1n) is 6.16. The van der Waals surface area contributed by atoms with Crippen LogP contribution in [0, 0.1) is 5.92 Å². The summed E-state index contributed by atoms with van der Waals surface area (Å²) in [7, 11) is 0. The summed E-state index contributed by atoms with van der Waals surface area (Å²) in [5.74, 6) is 0.256. The first kappa shape index (κ1) is 13.1. The molecule has 2 aliphatic rings. The second-order valence-corrected chi connectivity index (χ2v) is 4.84. The quantitative estimate of drug-likeness (QED) is 0.800. The van der Waals surface area contributed by atoms with Crippen molar-refractivity contribution >= 4 is 0 Å². The van der Waals surface area contributed by atoms with E-state index in [0.29, 0.717) is 26.2 Å². The molecule has 17 heavy (non-hydrogen) atoms. The predicted octanol–water partition coefficient (Wildman–Crippen LogP) is 1.25. The van der Waals surface area contributed by atoms with Crippen LogP contribution in [0.5, 0.6) is 0 Å². The molecule has 6 heteroatoms. The Bertz CT molecular complexity index is 241. The van der Waals surface area contributed by atoms with Crippen LogP contribution in [0.1, 0.15) is 12.8 Å². The van der Waals surface area contributed by atoms with Gasteiger partial charge in [-0.3, -0.25) is 4.90 Å². The van der Waals surface area contributed by atoms with Gasteiger partial charge in [-0.15, -0.1) is 0 Å². The van der Waals surface area contributed by atoms with Crippen LogP contribution in [-0.4, -0.2) is 56.5 Å². The molecule has 0 aromatic heterocycles. The Hall–Kier alpha value is -0.330. The molecular formula is C11H19F3N2O. The summed E-state index contributed by atoms with van der Waals surface area (Å²) in [5, 5.41) is 2.82. The number of hydrogen-bond acceptors (Lipinski definition) is 3. The fourth-order valence-corrected chi connectivity index (χ4v) is 2.57. The number of hydrogen-bond donors (Lipinski definition) is 1. The number of nitrogens with one attached hydrogen (secondary N) is 1. The van der Waals surface area contributed by atoms with Gasteiger partial charge in [-0.05, 0) is 18.8 Å². The van der Waals surface area contributed by atoms with Crippen LogP contribution >= 0.6 is 0 Å². The molecule has 2 rings (SSSR count). The van der Waals surface area contributed by atoms with Gasteiger partial charge < -0.3 is 10.1 Å². The van der Waals surface area contributed by atoms with Crippen LogP contribution < -0.4 is 5.32 Å². The van der Waals surface area contributed by atoms with Gasteiger partial charge in [0.25, 0.3) is 0 Å². The highest BCUT2D eigenvalue weighted by molar-refractivity contribution is 4.86. The lowest BCUT2D eigenvalue weighted by Crippen LogP contribution is -2.58. The maximum absolute atomic E-state index is 12.8. The van der Waals surface area contributed by atoms with Crippen molar-refractivity contribution in [2.45, 2.75) is 25.1 Å². The molecule has 0 amide bonds. The Labute approximate surface area is 99.3 Å². The lowest BCUT2D eigenvalue weighted by Gasteiger charge is -2.39. The minimum absolute atomic E-state index is 0.0110. The van der Waals surface area contributed by atoms with E-state index in [1.165, 1.54) is 0 Å². The van der Waals surface area contributed by atoms with Gasteiger partial charge >= 0.3 is 6.18 Å². The maximum Gasteiger partial charge on any atom is 0.405 e. The highest BCUT2D eigenvalue weighted by Gasteiger charge is 2.44. The van der Waals surface area contributed by atoms with Crippen LogP contribution in [0.25, 0.3) is 0 Å². The summed E-state index contributed by atoms with van der Waals surface area (Å²) in [4.78, 5) is 1.57. The molecule has 100 valence electrons. The summed E-state index contributed by atoms with van der Waals surface area (Å²) < 4.78 is 43.8. The van der Waals surface area contributed by atoms with Crippen LogP contribution in [0.15, 0.2) is 0 Å². The third kappa shape index (κ3) is 3.56. The van der Waals surface area contributed by atoms with Crippen molar-refractivity contribution < 1.29 is 17.9 Å². The average Bonchev–Trinajstić information content (AvgIpc) is 2.30. The van der Waals surface area contributed by atoms with E-state index in [4.69, 9.17) is 4.74 Å². The molecule has 2 saturated heterocycles. The molecule has 0 radical (unpaired) electrons. The molecular weight excluding hydrogens is 233 g/mol. The van der Waals surface area contributed by atoms with Gasteiger partial charge in [0.2, 0.25) is 0 Å². The highest BCUT2D eigenvalue weighted by atomic mass is 19.4. The average molecular weight is 252 g/mol. The van der Waals surface area contributed by atoms with Gasteiger partial charge in [0.05, 0.1) is 6.61 Å². The first-order chi connectivity index (χ1) is 8.07. The first-order valence-corrected chi connectivity index (χ1v) is 6.16. The van der Waals surface area contributed by atoms with Gasteiger partial charge in [0, 0.05) is 32.8 Å². The highest BCUT2D eigenvalue weighted by Crippen LogP contribution is 2.27. The van der Waals surface area contributed by atoms with Crippen LogP contribution in [0.2, 0.25) is 0 Å². The molecule has 0 aliphatic carbocycles. The Morgan fingerprint density at radius 2 is 2.18 bits per heavy atom. The van der Waals surface area contributed by atoms with Crippen LogP contribution in [0.3, 0.4) is 0 Å². The smallest absolute Gasteiger partial charge is 0.381 e. The normalized spacial score (nSPS) is 32.6. The lowest BCUT2D eigenvalue weighted by atomic mass is 10.00. The predicted molar refractivity (Wildman–Crippen MR) is 57.8 cm³/mol. The van der Waals surface area contributed by atoms with E-state index in [9.17, 15) is 13.2 Å². The largest absolute Gasteiger partial charge is 0.405 e. The van der Waals surface area contributed by atoms with E-state index in [-0.39, 0.29) is 12.5 Å². The summed E-state index contributed by atoms with van der Waals surface area (Å²) in [6.45, 7) is 2.99. The minimum atomic E-state index is -4.14. The zero-order valence-electron chi connectivity index (χ0n) is 9.80. The Morgan fingerprint density at radius 1 is 1.35 bits per heavy atom. The molecule has 0 aromatic rings. The molecule has 2 fully saturated rings. The summed E-state index contributed by atoms with van der Waals surface area (Å²) >= 11 is 0. The topological polar surface area (TPSA) is 24.5 Å². The molecule has 0 spiro atoms. The van der Waals surface area contributed by atoms with Crippen molar-refractivity contribution in [3.63, 3.8) is 0 Å². The molecule has 2 heterocycles. The van der Waals surface area contributed by atoms with Crippen molar-refractivity contribution in [1.29, 1.82) is 0 Å².